The Hall–Kier alpha value is -1.75. The molecule has 0 N–H and O–H groups in total. The summed E-state index contributed by atoms with van der Waals surface area (Å²) in [7, 11) is 0. The molecule has 0 spiro atoms. The summed E-state index contributed by atoms with van der Waals surface area (Å²) < 4.78 is 0. The third kappa shape index (κ3) is 3.51. The lowest BCUT2D eigenvalue weighted by atomic mass is 9.88. The summed E-state index contributed by atoms with van der Waals surface area (Å²) in [5.41, 5.74) is 2.27. The smallest absolute Gasteiger partial charge is 0.232 e. The van der Waals surface area contributed by atoms with Crippen LogP contribution in [0, 0.1) is 12.8 Å². The van der Waals surface area contributed by atoms with Gasteiger partial charge < -0.3 is 0 Å². The molecule has 0 unspecified atom stereocenters. The van der Waals surface area contributed by atoms with Crippen LogP contribution in [0.3, 0.4) is 0 Å². The van der Waals surface area contributed by atoms with Gasteiger partial charge in [-0.2, -0.15) is 0 Å². The van der Waals surface area contributed by atoms with E-state index in [1.165, 1.54) is 23.3 Å². The second kappa shape index (κ2) is 7.43. The second-order valence-electron chi connectivity index (χ2n) is 6.84. The van der Waals surface area contributed by atoms with Gasteiger partial charge in [0.15, 0.2) is 0 Å². The first-order valence-corrected chi connectivity index (χ1v) is 9.62. The number of hydrogen-bond donors (Lipinski definition) is 0. The van der Waals surface area contributed by atoms with E-state index >= 15 is 0 Å². The van der Waals surface area contributed by atoms with E-state index in [0.717, 1.165) is 41.4 Å². The summed E-state index contributed by atoms with van der Waals surface area (Å²) in [5.74, 6) is 0.365. The van der Waals surface area contributed by atoms with Gasteiger partial charge in [0.05, 0.1) is 0 Å². The van der Waals surface area contributed by atoms with Crippen LogP contribution in [-0.2, 0) is 4.79 Å². The standard InChI is InChI=1S/C19H25N3OS/c1-13(2)22(18(23)15-10-5-4-6-11-15)19-21-20-17(24-19)16-12-8-7-9-14(16)3/h7-9,12-13,15H,4-6,10-11H2,1-3H3. The van der Waals surface area contributed by atoms with Crippen LogP contribution >= 0.6 is 11.3 Å². The number of rotatable bonds is 4. The predicted octanol–water partition coefficient (Wildman–Crippen LogP) is 4.84. The summed E-state index contributed by atoms with van der Waals surface area (Å²) in [6.07, 6.45) is 5.58. The Balaban J connectivity index is 1.87. The normalized spacial score (nSPS) is 15.7. The van der Waals surface area contributed by atoms with Gasteiger partial charge in [-0.05, 0) is 39.2 Å². The molecule has 0 bridgehead atoms. The summed E-state index contributed by atoms with van der Waals surface area (Å²) in [6.45, 7) is 6.18. The van der Waals surface area contributed by atoms with Gasteiger partial charge in [-0.15, -0.1) is 10.2 Å². The van der Waals surface area contributed by atoms with Crippen LogP contribution in [0.5, 0.6) is 0 Å². The molecule has 1 amide bonds. The first-order valence-electron chi connectivity index (χ1n) is 8.80. The van der Waals surface area contributed by atoms with Crippen LogP contribution in [0.4, 0.5) is 5.13 Å². The molecular weight excluding hydrogens is 318 g/mol. The Morgan fingerprint density at radius 1 is 1.17 bits per heavy atom. The molecule has 1 aliphatic carbocycles. The van der Waals surface area contributed by atoms with Crippen LogP contribution in [0.25, 0.3) is 10.6 Å². The van der Waals surface area contributed by atoms with E-state index in [-0.39, 0.29) is 17.9 Å². The fraction of sp³-hybridized carbons (Fsp3) is 0.526. The number of anilines is 1. The summed E-state index contributed by atoms with van der Waals surface area (Å²) in [5, 5.41) is 10.3. The van der Waals surface area contributed by atoms with E-state index in [0.29, 0.717) is 0 Å². The number of nitrogens with zero attached hydrogens (tertiary/aromatic N) is 3. The van der Waals surface area contributed by atoms with E-state index in [2.05, 4.69) is 43.1 Å². The van der Waals surface area contributed by atoms with Gasteiger partial charge in [0.25, 0.3) is 0 Å². The molecule has 1 heterocycles. The van der Waals surface area contributed by atoms with E-state index in [1.54, 1.807) is 0 Å². The van der Waals surface area contributed by atoms with Crippen LogP contribution < -0.4 is 4.90 Å². The zero-order valence-electron chi connectivity index (χ0n) is 14.7. The van der Waals surface area contributed by atoms with Crippen molar-refractivity contribution in [3.05, 3.63) is 29.8 Å². The molecule has 0 aliphatic heterocycles. The highest BCUT2D eigenvalue weighted by molar-refractivity contribution is 7.18. The van der Waals surface area contributed by atoms with Crippen LogP contribution in [0.2, 0.25) is 0 Å². The highest BCUT2D eigenvalue weighted by Crippen LogP contribution is 2.34. The molecule has 24 heavy (non-hydrogen) atoms. The lowest BCUT2D eigenvalue weighted by Gasteiger charge is -2.29. The number of carbonyl (C=O) groups is 1. The molecule has 0 radical (unpaired) electrons. The average Bonchev–Trinajstić information content (AvgIpc) is 3.05. The molecular formula is C19H25N3OS. The van der Waals surface area contributed by atoms with Gasteiger partial charge in [-0.25, -0.2) is 0 Å². The molecule has 1 aromatic heterocycles. The van der Waals surface area contributed by atoms with Gasteiger partial charge in [0.2, 0.25) is 11.0 Å². The van der Waals surface area contributed by atoms with Crippen LogP contribution in [0.15, 0.2) is 24.3 Å². The third-order valence-electron chi connectivity index (χ3n) is 4.70. The number of hydrogen-bond acceptors (Lipinski definition) is 4. The first-order chi connectivity index (χ1) is 11.6. The largest absolute Gasteiger partial charge is 0.284 e. The van der Waals surface area contributed by atoms with Gasteiger partial charge in [0.1, 0.15) is 5.01 Å². The van der Waals surface area contributed by atoms with Crippen molar-refractivity contribution in [3.8, 4) is 10.6 Å². The van der Waals surface area contributed by atoms with Crippen molar-refractivity contribution in [3.63, 3.8) is 0 Å². The molecule has 1 saturated carbocycles. The zero-order valence-corrected chi connectivity index (χ0v) is 15.5. The van der Waals surface area contributed by atoms with Crippen molar-refractivity contribution in [1.29, 1.82) is 0 Å². The molecule has 4 nitrogen and oxygen atoms in total. The fourth-order valence-corrected chi connectivity index (χ4v) is 4.42. The summed E-state index contributed by atoms with van der Waals surface area (Å²) in [6, 6.07) is 8.26. The SMILES string of the molecule is Cc1ccccc1-c1nnc(N(C(=O)C2CCCCC2)C(C)C)s1. The zero-order chi connectivity index (χ0) is 17.1. The predicted molar refractivity (Wildman–Crippen MR) is 99.3 cm³/mol. The van der Waals surface area contributed by atoms with E-state index in [4.69, 9.17) is 0 Å². The van der Waals surface area contributed by atoms with E-state index < -0.39 is 0 Å². The maximum Gasteiger partial charge on any atom is 0.232 e. The van der Waals surface area contributed by atoms with Crippen LogP contribution in [0.1, 0.15) is 51.5 Å². The number of aromatic nitrogens is 2. The molecule has 1 aromatic carbocycles. The van der Waals surface area contributed by atoms with Gasteiger partial charge >= 0.3 is 0 Å². The molecule has 2 aromatic rings. The van der Waals surface area contributed by atoms with Crippen molar-refractivity contribution in [2.45, 2.75) is 58.9 Å². The number of carbonyl (C=O) groups excluding carboxylic acids is 1. The minimum Gasteiger partial charge on any atom is -0.284 e. The van der Waals surface area contributed by atoms with Crippen molar-refractivity contribution in [2.24, 2.45) is 5.92 Å². The minimum atomic E-state index is 0.0945. The van der Waals surface area contributed by atoms with Gasteiger partial charge in [0, 0.05) is 17.5 Å². The first kappa shape index (κ1) is 17.1. The Labute approximate surface area is 147 Å². The second-order valence-corrected chi connectivity index (χ2v) is 7.80. The maximum absolute atomic E-state index is 13.0. The lowest BCUT2D eigenvalue weighted by molar-refractivity contribution is -0.123. The lowest BCUT2D eigenvalue weighted by Crippen LogP contribution is -2.41. The topological polar surface area (TPSA) is 46.1 Å². The van der Waals surface area contributed by atoms with Gasteiger partial charge in [-0.3, -0.25) is 9.69 Å². The molecule has 5 heteroatoms. The van der Waals surface area contributed by atoms with E-state index in [1.807, 2.05) is 17.0 Å². The van der Waals surface area contributed by atoms with Gasteiger partial charge in [-0.1, -0.05) is 54.9 Å². The molecule has 128 valence electrons. The maximum atomic E-state index is 13.0. The minimum absolute atomic E-state index is 0.0945. The molecule has 0 atom stereocenters. The van der Waals surface area contributed by atoms with Crippen molar-refractivity contribution in [1.82, 2.24) is 10.2 Å². The molecule has 0 saturated heterocycles. The highest BCUT2D eigenvalue weighted by atomic mass is 32.1. The number of benzene rings is 1. The monoisotopic (exact) mass is 343 g/mol. The van der Waals surface area contributed by atoms with Crippen molar-refractivity contribution in [2.75, 3.05) is 4.90 Å². The number of amides is 1. The Morgan fingerprint density at radius 3 is 2.54 bits per heavy atom. The van der Waals surface area contributed by atoms with Crippen molar-refractivity contribution < 1.29 is 4.79 Å². The van der Waals surface area contributed by atoms with E-state index in [9.17, 15) is 4.79 Å². The van der Waals surface area contributed by atoms with Crippen molar-refractivity contribution >= 4 is 22.4 Å². The average molecular weight is 343 g/mol. The summed E-state index contributed by atoms with van der Waals surface area (Å²) >= 11 is 1.51. The number of aryl methyl sites for hydroxylation is 1. The molecule has 1 aliphatic rings. The molecule has 3 rings (SSSR count). The Kier molecular flexibility index (Phi) is 5.29. The highest BCUT2D eigenvalue weighted by Gasteiger charge is 2.30. The van der Waals surface area contributed by atoms with Crippen LogP contribution in [-0.4, -0.2) is 22.1 Å². The fourth-order valence-electron chi connectivity index (χ4n) is 3.35. The quantitative estimate of drug-likeness (QED) is 0.798. The Morgan fingerprint density at radius 2 is 1.88 bits per heavy atom. The molecule has 1 fully saturated rings. The third-order valence-corrected chi connectivity index (χ3v) is 5.66. The summed E-state index contributed by atoms with van der Waals surface area (Å²) in [4.78, 5) is 14.9. The Bertz CT molecular complexity index is 704.